The first-order chi connectivity index (χ1) is 10.7. The number of hydrogen-bond acceptors (Lipinski definition) is 3. The lowest BCUT2D eigenvalue weighted by Crippen LogP contribution is -2.44. The predicted octanol–water partition coefficient (Wildman–Crippen LogP) is 3.18. The lowest BCUT2D eigenvalue weighted by molar-refractivity contribution is -0.0919. The van der Waals surface area contributed by atoms with Gasteiger partial charge in [0.25, 0.3) is 0 Å². The van der Waals surface area contributed by atoms with E-state index >= 15 is 0 Å². The number of benzene rings is 2. The lowest BCUT2D eigenvalue weighted by Gasteiger charge is -2.35. The minimum Gasteiger partial charge on any atom is -0.386 e. The van der Waals surface area contributed by atoms with Crippen LogP contribution >= 0.6 is 12.4 Å². The molecule has 0 spiro atoms. The molecule has 0 saturated carbocycles. The molecule has 0 amide bonds. The monoisotopic (exact) mass is 337 g/mol. The molecule has 1 heterocycles. The Kier molecular flexibility index (Phi) is 6.54. The number of nitrogens with zero attached hydrogens (tertiary/aromatic N) is 1. The SMILES string of the molecule is Cl.O[C@@H](c1cccc(F)c1)[C@H]1CN(Cc2ccccc2)CCO1. The normalized spacial score (nSPS) is 19.8. The number of morpholine rings is 1. The number of halogens is 2. The molecule has 1 aliphatic heterocycles. The summed E-state index contributed by atoms with van der Waals surface area (Å²) in [7, 11) is 0. The Morgan fingerprint density at radius 3 is 2.70 bits per heavy atom. The molecule has 124 valence electrons. The molecule has 1 aliphatic rings. The highest BCUT2D eigenvalue weighted by molar-refractivity contribution is 5.85. The van der Waals surface area contributed by atoms with Gasteiger partial charge in [0.15, 0.2) is 0 Å². The van der Waals surface area contributed by atoms with Crippen LogP contribution in [0.5, 0.6) is 0 Å². The van der Waals surface area contributed by atoms with Gasteiger partial charge in [0, 0.05) is 19.6 Å². The maximum Gasteiger partial charge on any atom is 0.123 e. The summed E-state index contributed by atoms with van der Waals surface area (Å²) in [5, 5.41) is 10.4. The zero-order valence-electron chi connectivity index (χ0n) is 12.8. The summed E-state index contributed by atoms with van der Waals surface area (Å²) in [5.74, 6) is -0.339. The fourth-order valence-electron chi connectivity index (χ4n) is 2.81. The summed E-state index contributed by atoms with van der Waals surface area (Å²) in [6.45, 7) is 2.87. The van der Waals surface area contributed by atoms with Gasteiger partial charge in [-0.2, -0.15) is 0 Å². The molecule has 23 heavy (non-hydrogen) atoms. The molecule has 2 aromatic carbocycles. The molecule has 1 fully saturated rings. The van der Waals surface area contributed by atoms with Gasteiger partial charge in [-0.1, -0.05) is 42.5 Å². The molecule has 3 rings (SSSR count). The molecule has 1 saturated heterocycles. The smallest absolute Gasteiger partial charge is 0.123 e. The summed E-state index contributed by atoms with van der Waals surface area (Å²) >= 11 is 0. The van der Waals surface area contributed by atoms with E-state index in [0.717, 1.165) is 13.1 Å². The summed E-state index contributed by atoms with van der Waals surface area (Å²) < 4.78 is 19.0. The largest absolute Gasteiger partial charge is 0.386 e. The van der Waals surface area contributed by atoms with E-state index < -0.39 is 6.10 Å². The van der Waals surface area contributed by atoms with Crippen molar-refractivity contribution in [1.29, 1.82) is 0 Å². The van der Waals surface area contributed by atoms with Crippen LogP contribution < -0.4 is 0 Å². The summed E-state index contributed by atoms with van der Waals surface area (Å²) in [6, 6.07) is 16.3. The van der Waals surface area contributed by atoms with E-state index in [0.29, 0.717) is 18.7 Å². The first kappa shape index (κ1) is 17.9. The van der Waals surface area contributed by atoms with E-state index in [-0.39, 0.29) is 24.3 Å². The molecule has 2 atom stereocenters. The fraction of sp³-hybridized carbons (Fsp3) is 0.333. The van der Waals surface area contributed by atoms with Crippen LogP contribution in [-0.4, -0.2) is 35.8 Å². The van der Waals surface area contributed by atoms with Crippen LogP contribution in [-0.2, 0) is 11.3 Å². The van der Waals surface area contributed by atoms with Gasteiger partial charge in [0.05, 0.1) is 6.61 Å². The Morgan fingerprint density at radius 1 is 1.17 bits per heavy atom. The summed E-state index contributed by atoms with van der Waals surface area (Å²) in [6.07, 6.45) is -1.14. The highest BCUT2D eigenvalue weighted by atomic mass is 35.5. The van der Waals surface area contributed by atoms with Crippen molar-refractivity contribution in [2.75, 3.05) is 19.7 Å². The minimum absolute atomic E-state index is 0. The van der Waals surface area contributed by atoms with E-state index in [1.54, 1.807) is 12.1 Å². The van der Waals surface area contributed by atoms with Gasteiger partial charge < -0.3 is 9.84 Å². The Balaban J connectivity index is 0.00000192. The van der Waals surface area contributed by atoms with Gasteiger partial charge in [-0.15, -0.1) is 12.4 Å². The number of rotatable bonds is 4. The average Bonchev–Trinajstić information content (AvgIpc) is 2.55. The summed E-state index contributed by atoms with van der Waals surface area (Å²) in [4.78, 5) is 2.26. The van der Waals surface area contributed by atoms with E-state index in [2.05, 4.69) is 17.0 Å². The van der Waals surface area contributed by atoms with Gasteiger partial charge in [0.2, 0.25) is 0 Å². The Hall–Kier alpha value is -1.46. The van der Waals surface area contributed by atoms with Crippen molar-refractivity contribution >= 4 is 12.4 Å². The molecule has 0 bridgehead atoms. The second-order valence-electron chi connectivity index (χ2n) is 5.63. The molecule has 0 aromatic heterocycles. The van der Waals surface area contributed by atoms with E-state index in [1.807, 2.05) is 18.2 Å². The third-order valence-electron chi connectivity index (χ3n) is 3.97. The van der Waals surface area contributed by atoms with E-state index in [9.17, 15) is 9.50 Å². The zero-order valence-corrected chi connectivity index (χ0v) is 13.6. The molecule has 1 N–H and O–H groups in total. The molecule has 0 aliphatic carbocycles. The topological polar surface area (TPSA) is 32.7 Å². The van der Waals surface area contributed by atoms with Crippen LogP contribution in [0.3, 0.4) is 0 Å². The predicted molar refractivity (Wildman–Crippen MR) is 90.1 cm³/mol. The van der Waals surface area contributed by atoms with Crippen LogP contribution in [0.2, 0.25) is 0 Å². The lowest BCUT2D eigenvalue weighted by atomic mass is 10.0. The van der Waals surface area contributed by atoms with Crippen LogP contribution in [0.15, 0.2) is 54.6 Å². The number of hydrogen-bond donors (Lipinski definition) is 1. The minimum atomic E-state index is -0.811. The van der Waals surface area contributed by atoms with Crippen molar-refractivity contribution < 1.29 is 14.2 Å². The molecule has 0 radical (unpaired) electrons. The third kappa shape index (κ3) is 4.75. The van der Waals surface area contributed by atoms with Crippen molar-refractivity contribution in [2.45, 2.75) is 18.8 Å². The second-order valence-corrected chi connectivity index (χ2v) is 5.63. The maximum absolute atomic E-state index is 13.3. The van der Waals surface area contributed by atoms with Gasteiger partial charge in [0.1, 0.15) is 18.0 Å². The standard InChI is InChI=1S/C18H20FNO2.ClH/c19-16-8-4-7-15(11-16)18(21)17-13-20(9-10-22-17)12-14-5-2-1-3-6-14;/h1-8,11,17-18,21H,9-10,12-13H2;1H/t17-,18+;/m1./s1. The number of aliphatic hydroxyl groups excluding tert-OH is 1. The van der Waals surface area contributed by atoms with E-state index in [1.165, 1.54) is 17.7 Å². The van der Waals surface area contributed by atoms with Gasteiger partial charge in [-0.3, -0.25) is 4.90 Å². The zero-order chi connectivity index (χ0) is 15.4. The van der Waals surface area contributed by atoms with Crippen molar-refractivity contribution in [1.82, 2.24) is 4.90 Å². The van der Waals surface area contributed by atoms with Gasteiger partial charge >= 0.3 is 0 Å². The van der Waals surface area contributed by atoms with Crippen LogP contribution in [0.4, 0.5) is 4.39 Å². The molecular weight excluding hydrogens is 317 g/mol. The van der Waals surface area contributed by atoms with Crippen LogP contribution in [0, 0.1) is 5.82 Å². The van der Waals surface area contributed by atoms with Crippen molar-refractivity contribution in [3.63, 3.8) is 0 Å². The highest BCUT2D eigenvalue weighted by Gasteiger charge is 2.28. The first-order valence-electron chi connectivity index (χ1n) is 7.54. The van der Waals surface area contributed by atoms with Gasteiger partial charge in [-0.25, -0.2) is 4.39 Å². The molecule has 5 heteroatoms. The van der Waals surface area contributed by atoms with E-state index in [4.69, 9.17) is 4.74 Å². The van der Waals surface area contributed by atoms with Crippen molar-refractivity contribution in [3.8, 4) is 0 Å². The third-order valence-corrected chi connectivity index (χ3v) is 3.97. The summed E-state index contributed by atoms with van der Waals surface area (Å²) in [5.41, 5.74) is 1.80. The van der Waals surface area contributed by atoms with Crippen LogP contribution in [0.1, 0.15) is 17.2 Å². The second kappa shape index (κ2) is 8.41. The first-order valence-corrected chi connectivity index (χ1v) is 7.54. The highest BCUT2D eigenvalue weighted by Crippen LogP contribution is 2.23. The van der Waals surface area contributed by atoms with Crippen LogP contribution in [0.25, 0.3) is 0 Å². The molecular formula is C18H21ClFNO2. The van der Waals surface area contributed by atoms with Crippen molar-refractivity contribution in [3.05, 3.63) is 71.5 Å². The molecule has 2 aromatic rings. The fourth-order valence-corrected chi connectivity index (χ4v) is 2.81. The quantitative estimate of drug-likeness (QED) is 0.930. The van der Waals surface area contributed by atoms with Gasteiger partial charge in [-0.05, 0) is 23.3 Å². The average molecular weight is 338 g/mol. The van der Waals surface area contributed by atoms with Crippen molar-refractivity contribution in [2.24, 2.45) is 0 Å². The Labute approximate surface area is 142 Å². The molecule has 3 nitrogen and oxygen atoms in total. The number of aliphatic hydroxyl groups is 1. The molecule has 0 unspecified atom stereocenters. The Morgan fingerprint density at radius 2 is 1.96 bits per heavy atom. The maximum atomic E-state index is 13.3. The number of ether oxygens (including phenoxy) is 1. The Bertz CT molecular complexity index is 611.